The minimum Gasteiger partial charge on any atom is -0.497 e. The van der Waals surface area contributed by atoms with Crippen molar-refractivity contribution in [2.45, 2.75) is 25.3 Å². The Bertz CT molecular complexity index is 947. The van der Waals surface area contributed by atoms with E-state index in [1.165, 1.54) is 17.5 Å². The number of hydrogen-bond acceptors (Lipinski definition) is 6. The Kier molecular flexibility index (Phi) is 6.75. The third-order valence-corrected chi connectivity index (χ3v) is 5.92. The number of methoxy groups -OCH3 is 1. The molecule has 0 N–H and O–H groups in total. The van der Waals surface area contributed by atoms with E-state index in [9.17, 15) is 18.0 Å². The van der Waals surface area contributed by atoms with Gasteiger partial charge in [-0.1, -0.05) is 13.8 Å². The van der Waals surface area contributed by atoms with Crippen molar-refractivity contribution in [1.82, 2.24) is 8.87 Å². The summed E-state index contributed by atoms with van der Waals surface area (Å²) in [4.78, 5) is 24.1. The summed E-state index contributed by atoms with van der Waals surface area (Å²) in [7, 11) is -2.21. The fourth-order valence-electron chi connectivity index (χ4n) is 2.44. The maximum Gasteiger partial charge on any atom is 0.331 e. The van der Waals surface area contributed by atoms with E-state index in [1.54, 1.807) is 38.1 Å². The minimum absolute atomic E-state index is 0.0527. The molecule has 1 aromatic heterocycles. The monoisotopic (exact) mass is 394 g/mol. The van der Waals surface area contributed by atoms with Crippen molar-refractivity contribution in [3.05, 3.63) is 52.9 Å². The average molecular weight is 394 g/mol. The van der Waals surface area contributed by atoms with E-state index in [4.69, 9.17) is 9.47 Å². The Morgan fingerprint density at radius 2 is 1.63 bits per heavy atom. The number of rotatable bonds is 8. The molecule has 0 spiro atoms. The lowest BCUT2D eigenvalue weighted by Crippen LogP contribution is -2.32. The van der Waals surface area contributed by atoms with Crippen LogP contribution in [0.1, 0.15) is 13.8 Å². The van der Waals surface area contributed by atoms with Crippen molar-refractivity contribution in [3.8, 4) is 11.5 Å². The van der Waals surface area contributed by atoms with Gasteiger partial charge < -0.3 is 14.0 Å². The summed E-state index contributed by atoms with van der Waals surface area (Å²) in [5, 5.41) is 0. The van der Waals surface area contributed by atoms with Gasteiger partial charge in [-0.3, -0.25) is 4.79 Å². The molecule has 0 amide bonds. The van der Waals surface area contributed by atoms with Crippen LogP contribution in [0.15, 0.2) is 52.3 Å². The molecule has 0 aliphatic heterocycles. The first-order valence-electron chi connectivity index (χ1n) is 8.37. The highest BCUT2D eigenvalue weighted by atomic mass is 32.2. The number of hydrogen-bond donors (Lipinski definition) is 0. The summed E-state index contributed by atoms with van der Waals surface area (Å²) >= 11 is 0. The lowest BCUT2D eigenvalue weighted by atomic mass is 10.3. The van der Waals surface area contributed by atoms with E-state index in [1.807, 2.05) is 0 Å². The van der Waals surface area contributed by atoms with Gasteiger partial charge in [0.05, 0.1) is 12.0 Å². The molecule has 0 aliphatic carbocycles. The zero-order valence-electron chi connectivity index (χ0n) is 15.4. The van der Waals surface area contributed by atoms with Crippen LogP contribution in [0.2, 0.25) is 0 Å². The van der Waals surface area contributed by atoms with Gasteiger partial charge in [-0.25, -0.2) is 13.2 Å². The Morgan fingerprint density at radius 1 is 1.04 bits per heavy atom. The Labute approximate surface area is 158 Å². The minimum atomic E-state index is -3.74. The number of benzene rings is 1. The number of ether oxygens (including phenoxy) is 2. The van der Waals surface area contributed by atoms with E-state index < -0.39 is 28.1 Å². The van der Waals surface area contributed by atoms with Crippen molar-refractivity contribution in [2.24, 2.45) is 0 Å². The Hall–Kier alpha value is -2.65. The van der Waals surface area contributed by atoms with Crippen LogP contribution in [-0.4, -0.2) is 43.5 Å². The molecule has 0 saturated heterocycles. The summed E-state index contributed by atoms with van der Waals surface area (Å²) in [5.41, 5.74) is -0.500. The van der Waals surface area contributed by atoms with Gasteiger partial charge >= 0.3 is 5.97 Å². The van der Waals surface area contributed by atoms with Crippen molar-refractivity contribution >= 4 is 16.0 Å². The van der Waals surface area contributed by atoms with Gasteiger partial charge in [0, 0.05) is 25.4 Å². The highest BCUT2D eigenvalue weighted by Crippen LogP contribution is 2.17. The van der Waals surface area contributed by atoms with Crippen LogP contribution in [0.25, 0.3) is 0 Å². The van der Waals surface area contributed by atoms with Gasteiger partial charge in [0.15, 0.2) is 0 Å². The molecule has 0 saturated carbocycles. The lowest BCUT2D eigenvalue weighted by molar-refractivity contribution is -0.135. The van der Waals surface area contributed by atoms with Gasteiger partial charge in [0.1, 0.15) is 18.0 Å². The molecule has 0 unspecified atom stereocenters. The first kappa shape index (κ1) is 20.7. The summed E-state index contributed by atoms with van der Waals surface area (Å²) in [6.45, 7) is 3.65. The normalized spacial score (nSPS) is 11.4. The SMILES string of the molecule is CCN(CC)S(=O)(=O)c1ccc(=O)n(CC(=O)Oc2ccc(OC)cc2)c1. The van der Waals surface area contributed by atoms with Crippen molar-refractivity contribution in [2.75, 3.05) is 20.2 Å². The van der Waals surface area contributed by atoms with E-state index in [2.05, 4.69) is 0 Å². The first-order chi connectivity index (χ1) is 12.8. The fourth-order valence-corrected chi connectivity index (χ4v) is 3.92. The van der Waals surface area contributed by atoms with Crippen LogP contribution in [0.4, 0.5) is 0 Å². The topological polar surface area (TPSA) is 94.9 Å². The number of sulfonamides is 1. The second-order valence-electron chi connectivity index (χ2n) is 5.57. The second-order valence-corrected chi connectivity index (χ2v) is 7.51. The Morgan fingerprint density at radius 3 is 2.19 bits per heavy atom. The summed E-state index contributed by atoms with van der Waals surface area (Å²) in [6, 6.07) is 8.73. The molecule has 2 aromatic rings. The largest absolute Gasteiger partial charge is 0.497 e. The van der Waals surface area contributed by atoms with E-state index in [0.29, 0.717) is 24.6 Å². The number of esters is 1. The molecule has 0 radical (unpaired) electrons. The maximum absolute atomic E-state index is 12.6. The standard InChI is InChI=1S/C18H22N2O6S/c1-4-20(5-2)27(23,24)16-10-11-17(21)19(12-16)13-18(22)26-15-8-6-14(25-3)7-9-15/h6-12H,4-5,13H2,1-3H3. The highest BCUT2D eigenvalue weighted by Gasteiger charge is 2.22. The predicted octanol–water partition coefficient (Wildman–Crippen LogP) is 1.49. The maximum atomic E-state index is 12.6. The number of carbonyl (C=O) groups excluding carboxylic acids is 1. The number of nitrogens with zero attached hydrogens (tertiary/aromatic N) is 2. The van der Waals surface area contributed by atoms with E-state index in [-0.39, 0.29) is 4.90 Å². The predicted molar refractivity (Wildman–Crippen MR) is 99.4 cm³/mol. The van der Waals surface area contributed by atoms with Crippen LogP contribution in [0, 0.1) is 0 Å². The molecule has 2 rings (SSSR count). The fraction of sp³-hybridized carbons (Fsp3) is 0.333. The van der Waals surface area contributed by atoms with Crippen LogP contribution < -0.4 is 15.0 Å². The molecule has 146 valence electrons. The van der Waals surface area contributed by atoms with Crippen LogP contribution in [0.5, 0.6) is 11.5 Å². The number of carbonyl (C=O) groups is 1. The molecule has 9 heteroatoms. The van der Waals surface area contributed by atoms with Gasteiger partial charge in [-0.05, 0) is 30.3 Å². The van der Waals surface area contributed by atoms with E-state index in [0.717, 1.165) is 16.8 Å². The third kappa shape index (κ3) is 4.95. The summed E-state index contributed by atoms with van der Waals surface area (Å²) in [5.74, 6) is 0.209. The smallest absolute Gasteiger partial charge is 0.331 e. The van der Waals surface area contributed by atoms with Gasteiger partial charge in [0.25, 0.3) is 5.56 Å². The lowest BCUT2D eigenvalue weighted by Gasteiger charge is -2.18. The highest BCUT2D eigenvalue weighted by molar-refractivity contribution is 7.89. The second kappa shape index (κ2) is 8.83. The molecular formula is C18H22N2O6S. The zero-order valence-corrected chi connectivity index (χ0v) is 16.2. The number of aromatic nitrogens is 1. The molecule has 0 bridgehead atoms. The van der Waals surface area contributed by atoms with Crippen molar-refractivity contribution < 1.29 is 22.7 Å². The molecule has 0 fully saturated rings. The quantitative estimate of drug-likeness (QED) is 0.497. The molecule has 8 nitrogen and oxygen atoms in total. The van der Waals surface area contributed by atoms with E-state index >= 15 is 0 Å². The Balaban J connectivity index is 2.20. The molecular weight excluding hydrogens is 372 g/mol. The summed E-state index contributed by atoms with van der Waals surface area (Å²) < 4.78 is 37.6. The molecule has 1 heterocycles. The molecule has 0 aliphatic rings. The van der Waals surface area contributed by atoms with Gasteiger partial charge in [-0.15, -0.1) is 0 Å². The van der Waals surface area contributed by atoms with Crippen molar-refractivity contribution in [1.29, 1.82) is 0 Å². The molecule has 1 aromatic carbocycles. The summed E-state index contributed by atoms with van der Waals surface area (Å²) in [6.07, 6.45) is 1.16. The third-order valence-electron chi connectivity index (χ3n) is 3.89. The van der Waals surface area contributed by atoms with Gasteiger partial charge in [0.2, 0.25) is 10.0 Å². The van der Waals surface area contributed by atoms with Crippen LogP contribution in [0.3, 0.4) is 0 Å². The molecule has 0 atom stereocenters. The van der Waals surface area contributed by atoms with Crippen LogP contribution in [-0.2, 0) is 21.4 Å². The van der Waals surface area contributed by atoms with Crippen LogP contribution >= 0.6 is 0 Å². The van der Waals surface area contributed by atoms with Crippen molar-refractivity contribution in [3.63, 3.8) is 0 Å². The van der Waals surface area contributed by atoms with Gasteiger partial charge in [-0.2, -0.15) is 4.31 Å². The molecule has 27 heavy (non-hydrogen) atoms. The first-order valence-corrected chi connectivity index (χ1v) is 9.81. The zero-order chi connectivity index (χ0) is 20.0. The number of pyridine rings is 1. The average Bonchev–Trinajstić information content (AvgIpc) is 2.64.